The maximum Gasteiger partial charge on any atom is 0.338 e. The first-order chi connectivity index (χ1) is 27.7. The molecule has 1 N–H and O–H groups in total. The number of benzene rings is 6. The average Bonchev–Trinajstić information content (AvgIpc) is 3.25. The first kappa shape index (κ1) is 39.3. The highest BCUT2D eigenvalue weighted by molar-refractivity contribution is 7.86. The Morgan fingerprint density at radius 1 is 0.579 bits per heavy atom. The molecule has 6 aromatic rings. The van der Waals surface area contributed by atoms with Crippen molar-refractivity contribution >= 4 is 22.1 Å². The molecule has 57 heavy (non-hydrogen) atoms. The fraction of sp³-hybridized carbons (Fsp3) is 0.174. The molecule has 5 atom stereocenters. The van der Waals surface area contributed by atoms with Gasteiger partial charge in [0.1, 0.15) is 17.8 Å². The maximum atomic E-state index is 14.1. The number of esters is 2. The molecule has 0 spiro atoms. The number of aliphatic hydroxyl groups excluding tert-OH is 1. The lowest BCUT2D eigenvalue weighted by atomic mass is 9.80. The van der Waals surface area contributed by atoms with Gasteiger partial charge in [0.05, 0.1) is 22.6 Å². The van der Waals surface area contributed by atoms with E-state index in [1.165, 1.54) is 36.4 Å². The van der Waals surface area contributed by atoms with E-state index in [1.54, 1.807) is 48.5 Å². The van der Waals surface area contributed by atoms with Gasteiger partial charge in [-0.2, -0.15) is 8.42 Å². The minimum Gasteiger partial charge on any atom is -0.452 e. The van der Waals surface area contributed by atoms with Gasteiger partial charge in [-0.15, -0.1) is 0 Å². The molecule has 7 rings (SSSR count). The zero-order valence-corrected chi connectivity index (χ0v) is 31.7. The highest BCUT2D eigenvalue weighted by Crippen LogP contribution is 2.42. The Bertz CT molecular complexity index is 2250. The van der Waals surface area contributed by atoms with Gasteiger partial charge in [-0.25, -0.2) is 9.59 Å². The van der Waals surface area contributed by atoms with E-state index in [-0.39, 0.29) is 16.0 Å². The molecule has 0 amide bonds. The topological polar surface area (TPSA) is 135 Å². The zero-order valence-electron chi connectivity index (χ0n) is 30.9. The average molecular weight is 785 g/mol. The lowest BCUT2D eigenvalue weighted by Crippen LogP contribution is -2.62. The van der Waals surface area contributed by atoms with E-state index in [0.29, 0.717) is 0 Å². The summed E-state index contributed by atoms with van der Waals surface area (Å²) in [4.78, 5) is 27.1. The Balaban J connectivity index is 1.34. The summed E-state index contributed by atoms with van der Waals surface area (Å²) in [5, 5.41) is 11.7. The first-order valence-electron chi connectivity index (χ1n) is 18.3. The fourth-order valence-corrected chi connectivity index (χ4v) is 7.93. The van der Waals surface area contributed by atoms with Crippen molar-refractivity contribution in [3.8, 4) is 0 Å². The quantitative estimate of drug-likeness (QED) is 0.0726. The number of rotatable bonds is 13. The third-order valence-electron chi connectivity index (χ3n) is 9.67. The normalized spacial score (nSPS) is 19.6. The van der Waals surface area contributed by atoms with Crippen LogP contribution in [0.3, 0.4) is 0 Å². The molecule has 0 aromatic heterocycles. The number of carbonyl (C=O) groups excluding carboxylic acids is 2. The second-order valence-corrected chi connectivity index (χ2v) is 15.0. The van der Waals surface area contributed by atoms with E-state index in [0.717, 1.165) is 22.3 Å². The Morgan fingerprint density at radius 2 is 0.982 bits per heavy atom. The van der Waals surface area contributed by atoms with Crippen LogP contribution in [0.2, 0.25) is 0 Å². The molecule has 6 aromatic carbocycles. The van der Waals surface area contributed by atoms with E-state index >= 15 is 0 Å². The van der Waals surface area contributed by atoms with Crippen LogP contribution >= 0.6 is 0 Å². The molecule has 11 heteroatoms. The molecule has 0 bridgehead atoms. The number of carbonyl (C=O) groups is 2. The standard InChI is InChI=1S/C46H40O10S/c1-32-27-29-38(30-28-32)57(50,51)56-40-39(31-52-46(35-21-11-4-12-22-35,36-23-13-5-14-24-36)37-25-15-6-16-26-37)53-45(49)42(55-44(48)34-19-9-3-10-20-34)41(40)54-43(47)33-17-7-2-8-18-33/h2-30,39-42,45,49H,31H2,1H3. The van der Waals surface area contributed by atoms with Crippen molar-refractivity contribution < 1.29 is 46.2 Å². The largest absolute Gasteiger partial charge is 0.452 e. The number of aliphatic hydroxyl groups is 1. The third kappa shape index (κ3) is 8.73. The van der Waals surface area contributed by atoms with Gasteiger partial charge in [-0.3, -0.25) is 4.18 Å². The van der Waals surface area contributed by atoms with Crippen LogP contribution in [0, 0.1) is 6.92 Å². The summed E-state index contributed by atoms with van der Waals surface area (Å²) in [5.74, 6) is -1.77. The van der Waals surface area contributed by atoms with Crippen LogP contribution in [0.5, 0.6) is 0 Å². The second kappa shape index (κ2) is 17.5. The Hall–Kier alpha value is -5.95. The Labute approximate surface area is 331 Å². The number of hydrogen-bond acceptors (Lipinski definition) is 10. The number of hydrogen-bond donors (Lipinski definition) is 1. The molecule has 10 nitrogen and oxygen atoms in total. The Kier molecular flexibility index (Phi) is 12.0. The second-order valence-electron chi connectivity index (χ2n) is 13.5. The molecular formula is C46H40O10S. The molecule has 1 aliphatic rings. The predicted molar refractivity (Wildman–Crippen MR) is 211 cm³/mol. The molecule has 5 unspecified atom stereocenters. The summed E-state index contributed by atoms with van der Waals surface area (Å²) in [5.41, 5.74) is 1.99. The maximum absolute atomic E-state index is 14.1. The fourth-order valence-electron chi connectivity index (χ4n) is 6.82. The molecule has 290 valence electrons. The van der Waals surface area contributed by atoms with Gasteiger partial charge >= 0.3 is 11.9 Å². The van der Waals surface area contributed by atoms with Gasteiger partial charge in [0.15, 0.2) is 18.5 Å². The van der Waals surface area contributed by atoms with Crippen LogP contribution in [0.15, 0.2) is 181 Å². The van der Waals surface area contributed by atoms with Gasteiger partial charge in [0.25, 0.3) is 10.1 Å². The smallest absolute Gasteiger partial charge is 0.338 e. The highest BCUT2D eigenvalue weighted by atomic mass is 32.2. The number of ether oxygens (including phenoxy) is 4. The highest BCUT2D eigenvalue weighted by Gasteiger charge is 2.53. The molecule has 1 heterocycles. The van der Waals surface area contributed by atoms with E-state index in [9.17, 15) is 23.1 Å². The molecule has 0 aliphatic carbocycles. The van der Waals surface area contributed by atoms with Crippen LogP contribution in [0.1, 0.15) is 43.0 Å². The van der Waals surface area contributed by atoms with Crippen LogP contribution in [0.4, 0.5) is 0 Å². The van der Waals surface area contributed by atoms with E-state index in [2.05, 4.69) is 0 Å². The first-order valence-corrected chi connectivity index (χ1v) is 19.7. The third-order valence-corrected chi connectivity index (χ3v) is 11.0. The summed E-state index contributed by atoms with van der Waals surface area (Å²) < 4.78 is 59.2. The molecule has 0 radical (unpaired) electrons. The van der Waals surface area contributed by atoms with Crippen molar-refractivity contribution in [2.45, 2.75) is 48.1 Å². The molecule has 1 fully saturated rings. The van der Waals surface area contributed by atoms with Crippen molar-refractivity contribution in [2.24, 2.45) is 0 Å². The van der Waals surface area contributed by atoms with Gasteiger partial charge in [0, 0.05) is 0 Å². The SMILES string of the molecule is Cc1ccc(S(=O)(=O)OC2C(COC(c3ccccc3)(c3ccccc3)c3ccccc3)OC(O)C(OC(=O)c3ccccc3)C2OC(=O)c2ccccc2)cc1. The minimum absolute atomic E-state index is 0.121. The van der Waals surface area contributed by atoms with Gasteiger partial charge in [0.2, 0.25) is 0 Å². The van der Waals surface area contributed by atoms with Crippen molar-refractivity contribution in [3.05, 3.63) is 209 Å². The molecule has 1 aliphatic heterocycles. The van der Waals surface area contributed by atoms with E-state index in [4.69, 9.17) is 23.1 Å². The van der Waals surface area contributed by atoms with Gasteiger partial charge in [-0.1, -0.05) is 145 Å². The van der Waals surface area contributed by atoms with Crippen LogP contribution in [-0.4, -0.2) is 62.8 Å². The number of aryl methyl sites for hydroxylation is 1. The van der Waals surface area contributed by atoms with Crippen molar-refractivity contribution in [1.29, 1.82) is 0 Å². The molecule has 1 saturated heterocycles. The predicted octanol–water partition coefficient (Wildman–Crippen LogP) is 7.25. The van der Waals surface area contributed by atoms with Crippen molar-refractivity contribution in [2.75, 3.05) is 6.61 Å². The monoisotopic (exact) mass is 784 g/mol. The van der Waals surface area contributed by atoms with Crippen LogP contribution in [-0.2, 0) is 38.8 Å². The molecule has 0 saturated carbocycles. The molecular weight excluding hydrogens is 745 g/mol. The summed E-state index contributed by atoms with van der Waals surface area (Å²) in [7, 11) is -4.62. The van der Waals surface area contributed by atoms with Gasteiger partial charge in [-0.05, 0) is 60.0 Å². The summed E-state index contributed by atoms with van der Waals surface area (Å²) in [6, 6.07) is 50.4. The van der Waals surface area contributed by atoms with Crippen LogP contribution in [0.25, 0.3) is 0 Å². The lowest BCUT2D eigenvalue weighted by Gasteiger charge is -2.44. The minimum atomic E-state index is -4.62. The zero-order chi connectivity index (χ0) is 39.8. The van der Waals surface area contributed by atoms with Crippen LogP contribution < -0.4 is 0 Å². The summed E-state index contributed by atoms with van der Waals surface area (Å²) in [6.45, 7) is 1.40. The van der Waals surface area contributed by atoms with Gasteiger partial charge < -0.3 is 24.1 Å². The van der Waals surface area contributed by atoms with E-state index < -0.39 is 65.0 Å². The Morgan fingerprint density at radius 3 is 1.42 bits per heavy atom. The van der Waals surface area contributed by atoms with Crippen molar-refractivity contribution in [1.82, 2.24) is 0 Å². The van der Waals surface area contributed by atoms with E-state index in [1.807, 2.05) is 97.9 Å². The van der Waals surface area contributed by atoms with Crippen molar-refractivity contribution in [3.63, 3.8) is 0 Å². The summed E-state index contributed by atoms with van der Waals surface area (Å²) in [6.07, 6.45) is -8.57. The lowest BCUT2D eigenvalue weighted by molar-refractivity contribution is -0.285. The summed E-state index contributed by atoms with van der Waals surface area (Å²) >= 11 is 0.